The van der Waals surface area contributed by atoms with E-state index in [-0.39, 0.29) is 5.56 Å². The minimum absolute atomic E-state index is 0.0270. The summed E-state index contributed by atoms with van der Waals surface area (Å²) >= 11 is 1.21. The number of rotatable bonds is 6. The van der Waals surface area contributed by atoms with Crippen LogP contribution < -0.4 is 15.0 Å². The van der Waals surface area contributed by atoms with Crippen LogP contribution in [0.15, 0.2) is 71.6 Å². The Kier molecular flexibility index (Phi) is 6.11. The Balaban J connectivity index is 1.72. The molecular weight excluding hydrogens is 363 g/mol. The molecule has 2 N–H and O–H groups in total. The lowest BCUT2D eigenvalue weighted by Crippen LogP contribution is -2.33. The Bertz CT molecular complexity index is 931. The number of amides is 1. The van der Waals surface area contributed by atoms with Crippen molar-refractivity contribution in [3.05, 3.63) is 83.7 Å². The molecule has 0 heterocycles. The van der Waals surface area contributed by atoms with Crippen LogP contribution in [-0.4, -0.2) is 13.0 Å². The highest BCUT2D eigenvalue weighted by Gasteiger charge is 2.18. The molecule has 0 saturated carbocycles. The van der Waals surface area contributed by atoms with E-state index in [1.165, 1.54) is 18.0 Å². The Morgan fingerprint density at radius 2 is 1.70 bits per heavy atom. The van der Waals surface area contributed by atoms with Gasteiger partial charge in [-0.05, 0) is 65.9 Å². The number of benzene rings is 3. The molecule has 138 valence electrons. The first-order chi connectivity index (χ1) is 13.1. The van der Waals surface area contributed by atoms with Gasteiger partial charge in [0.15, 0.2) is 0 Å². The Morgan fingerprint density at radius 3 is 2.37 bits per heavy atom. The van der Waals surface area contributed by atoms with Gasteiger partial charge in [-0.25, -0.2) is 4.39 Å². The summed E-state index contributed by atoms with van der Waals surface area (Å²) < 4.78 is 19.4. The van der Waals surface area contributed by atoms with E-state index in [1.807, 2.05) is 54.6 Å². The second kappa shape index (κ2) is 8.70. The van der Waals surface area contributed by atoms with Crippen molar-refractivity contribution in [1.82, 2.24) is 10.3 Å². The van der Waals surface area contributed by atoms with Crippen LogP contribution in [0.2, 0.25) is 0 Å². The first kappa shape index (κ1) is 18.9. The highest BCUT2D eigenvalue weighted by molar-refractivity contribution is 7.97. The molecule has 0 spiro atoms. The molecule has 0 unspecified atom stereocenters. The van der Waals surface area contributed by atoms with Crippen LogP contribution in [0.25, 0.3) is 11.1 Å². The van der Waals surface area contributed by atoms with Crippen molar-refractivity contribution in [3.63, 3.8) is 0 Å². The maximum Gasteiger partial charge on any atom is 0.269 e. The van der Waals surface area contributed by atoms with E-state index < -0.39 is 11.7 Å². The molecule has 0 saturated heterocycles. The lowest BCUT2D eigenvalue weighted by molar-refractivity contribution is 0.0942. The Morgan fingerprint density at radius 1 is 1.00 bits per heavy atom. The molecule has 4 nitrogen and oxygen atoms in total. The van der Waals surface area contributed by atoms with Gasteiger partial charge in [-0.1, -0.05) is 36.4 Å². The van der Waals surface area contributed by atoms with Gasteiger partial charge >= 0.3 is 0 Å². The quantitative estimate of drug-likeness (QED) is 0.477. The number of hydrazine groups is 1. The van der Waals surface area contributed by atoms with Crippen molar-refractivity contribution in [2.75, 3.05) is 7.11 Å². The van der Waals surface area contributed by atoms with Gasteiger partial charge in [0, 0.05) is 4.90 Å². The normalized spacial score (nSPS) is 10.5. The number of ether oxygens (including phenoxy) is 1. The van der Waals surface area contributed by atoms with Crippen LogP contribution in [0, 0.1) is 12.7 Å². The average Bonchev–Trinajstić information content (AvgIpc) is 2.69. The molecule has 0 atom stereocenters. The van der Waals surface area contributed by atoms with E-state index in [4.69, 9.17) is 4.74 Å². The van der Waals surface area contributed by atoms with Crippen molar-refractivity contribution in [3.8, 4) is 16.9 Å². The third-order valence-corrected chi connectivity index (χ3v) is 4.83. The molecule has 0 radical (unpaired) electrons. The van der Waals surface area contributed by atoms with E-state index >= 15 is 0 Å². The zero-order valence-electron chi connectivity index (χ0n) is 15.0. The lowest BCUT2D eigenvalue weighted by Gasteiger charge is -2.13. The van der Waals surface area contributed by atoms with Crippen LogP contribution in [-0.2, 0) is 0 Å². The van der Waals surface area contributed by atoms with Crippen LogP contribution in [0.5, 0.6) is 5.75 Å². The molecule has 0 aliphatic carbocycles. The molecule has 3 rings (SSSR count). The fourth-order valence-corrected chi connectivity index (χ4v) is 3.26. The first-order valence-corrected chi connectivity index (χ1v) is 9.12. The van der Waals surface area contributed by atoms with Crippen molar-refractivity contribution < 1.29 is 13.9 Å². The van der Waals surface area contributed by atoms with E-state index in [0.29, 0.717) is 5.56 Å². The zero-order valence-corrected chi connectivity index (χ0v) is 15.8. The van der Waals surface area contributed by atoms with Gasteiger partial charge in [0.2, 0.25) is 0 Å². The van der Waals surface area contributed by atoms with Crippen LogP contribution in [0.4, 0.5) is 4.39 Å². The summed E-state index contributed by atoms with van der Waals surface area (Å²) in [6, 6.07) is 19.9. The molecule has 0 aliphatic heterocycles. The van der Waals surface area contributed by atoms with Crippen LogP contribution in [0.3, 0.4) is 0 Å². The zero-order chi connectivity index (χ0) is 19.2. The topological polar surface area (TPSA) is 50.4 Å². The highest BCUT2D eigenvalue weighted by atomic mass is 32.2. The molecule has 27 heavy (non-hydrogen) atoms. The third kappa shape index (κ3) is 4.48. The fourth-order valence-electron chi connectivity index (χ4n) is 2.72. The predicted molar refractivity (Wildman–Crippen MR) is 106 cm³/mol. The second-order valence-corrected chi connectivity index (χ2v) is 6.67. The number of hydrogen-bond acceptors (Lipinski definition) is 4. The van der Waals surface area contributed by atoms with Gasteiger partial charge in [-0.2, -0.15) is 4.83 Å². The summed E-state index contributed by atoms with van der Waals surface area (Å²) in [5.74, 6) is -0.330. The number of methoxy groups -OCH3 is 1. The molecule has 1 amide bonds. The fraction of sp³-hybridized carbons (Fsp3) is 0.0952. The summed E-state index contributed by atoms with van der Waals surface area (Å²) in [6.45, 7) is 1.75. The minimum Gasteiger partial charge on any atom is -0.497 e. The van der Waals surface area contributed by atoms with Crippen molar-refractivity contribution in [1.29, 1.82) is 0 Å². The number of nitrogens with one attached hydrogen (secondary N) is 2. The molecule has 0 aromatic heterocycles. The third-order valence-electron chi connectivity index (χ3n) is 4.12. The monoisotopic (exact) mass is 382 g/mol. The SMILES string of the molecule is COc1ccc(SNNC(=O)c2c(F)ccc(-c3ccccc3)c2C)cc1. The Labute approximate surface area is 161 Å². The lowest BCUT2D eigenvalue weighted by atomic mass is 9.96. The van der Waals surface area contributed by atoms with Crippen LogP contribution in [0.1, 0.15) is 15.9 Å². The molecule has 6 heteroatoms. The summed E-state index contributed by atoms with van der Waals surface area (Å²) in [5.41, 5.74) is 4.92. The minimum atomic E-state index is -0.555. The van der Waals surface area contributed by atoms with Gasteiger partial charge in [0.05, 0.1) is 12.7 Å². The summed E-state index contributed by atoms with van der Waals surface area (Å²) in [5, 5.41) is 0. The summed E-state index contributed by atoms with van der Waals surface area (Å²) in [7, 11) is 1.60. The van der Waals surface area contributed by atoms with E-state index in [1.54, 1.807) is 20.1 Å². The van der Waals surface area contributed by atoms with E-state index in [0.717, 1.165) is 21.8 Å². The van der Waals surface area contributed by atoms with Gasteiger partial charge in [-0.15, -0.1) is 0 Å². The molecular formula is C21H19FN2O2S. The van der Waals surface area contributed by atoms with Crippen molar-refractivity contribution in [2.24, 2.45) is 0 Å². The largest absolute Gasteiger partial charge is 0.497 e. The van der Waals surface area contributed by atoms with Gasteiger partial charge in [-0.3, -0.25) is 10.2 Å². The first-order valence-electron chi connectivity index (χ1n) is 8.31. The van der Waals surface area contributed by atoms with Crippen LogP contribution >= 0.6 is 11.9 Å². The standard InChI is InChI=1S/C21H19FN2O2S/c1-14-18(15-6-4-3-5-7-15)12-13-19(22)20(14)21(25)23-24-27-17-10-8-16(26-2)9-11-17/h3-13,24H,1-2H3,(H,23,25). The Hall–Kier alpha value is -2.83. The number of halogens is 1. The summed E-state index contributed by atoms with van der Waals surface area (Å²) in [4.78, 5) is 16.2. The predicted octanol–water partition coefficient (Wildman–Crippen LogP) is 4.75. The number of carbonyl (C=O) groups is 1. The second-order valence-electron chi connectivity index (χ2n) is 5.79. The number of hydrogen-bond donors (Lipinski definition) is 2. The maximum atomic E-state index is 14.3. The van der Waals surface area contributed by atoms with Crippen molar-refractivity contribution >= 4 is 17.9 Å². The molecule has 3 aromatic rings. The van der Waals surface area contributed by atoms with Gasteiger partial charge in [0.1, 0.15) is 11.6 Å². The molecule has 0 fully saturated rings. The van der Waals surface area contributed by atoms with Gasteiger partial charge < -0.3 is 4.74 Å². The van der Waals surface area contributed by atoms with E-state index in [9.17, 15) is 9.18 Å². The maximum absolute atomic E-state index is 14.3. The van der Waals surface area contributed by atoms with Crippen molar-refractivity contribution in [2.45, 2.75) is 11.8 Å². The highest BCUT2D eigenvalue weighted by Crippen LogP contribution is 2.27. The van der Waals surface area contributed by atoms with Gasteiger partial charge in [0.25, 0.3) is 5.91 Å². The molecule has 0 bridgehead atoms. The molecule has 0 aliphatic rings. The summed E-state index contributed by atoms with van der Waals surface area (Å²) in [6.07, 6.45) is 0. The molecule has 3 aromatic carbocycles. The average molecular weight is 382 g/mol. The smallest absolute Gasteiger partial charge is 0.269 e. The number of carbonyl (C=O) groups excluding carboxylic acids is 1. The van der Waals surface area contributed by atoms with E-state index in [2.05, 4.69) is 10.3 Å².